The summed E-state index contributed by atoms with van der Waals surface area (Å²) in [5.74, 6) is 0. The number of rotatable bonds is 3. The van der Waals surface area contributed by atoms with Gasteiger partial charge in [-0.1, -0.05) is 30.1 Å². The molecule has 2 aromatic rings. The number of thiophene rings is 1. The number of halogens is 2. The molecular weight excluding hydrogens is 261 g/mol. The first kappa shape index (κ1) is 12.2. The van der Waals surface area contributed by atoms with Crippen LogP contribution in [0.4, 0.5) is 0 Å². The van der Waals surface area contributed by atoms with E-state index in [0.717, 1.165) is 33.2 Å². The van der Waals surface area contributed by atoms with Crippen LogP contribution in [0.15, 0.2) is 12.1 Å². The summed E-state index contributed by atoms with van der Waals surface area (Å²) in [4.78, 5) is 1.31. The third-order valence-electron chi connectivity index (χ3n) is 2.61. The monoisotopic (exact) mass is 273 g/mol. The summed E-state index contributed by atoms with van der Waals surface area (Å²) in [6.07, 6.45) is 0. The average Bonchev–Trinajstić information content (AvgIpc) is 2.60. The van der Waals surface area contributed by atoms with Gasteiger partial charge in [-0.2, -0.15) is 0 Å². The molecule has 1 aromatic carbocycles. The highest BCUT2D eigenvalue weighted by Crippen LogP contribution is 2.39. The zero-order chi connectivity index (χ0) is 11.7. The first-order valence-corrected chi connectivity index (χ1v) is 6.79. The van der Waals surface area contributed by atoms with Gasteiger partial charge in [-0.25, -0.2) is 0 Å². The van der Waals surface area contributed by atoms with Crippen LogP contribution in [0, 0.1) is 6.92 Å². The molecule has 1 aromatic heterocycles. The van der Waals surface area contributed by atoms with Gasteiger partial charge in [0.05, 0.1) is 9.72 Å². The Morgan fingerprint density at radius 2 is 1.94 bits per heavy atom. The SMILES string of the molecule is CCNCc1sc2c(Cl)ccc(Cl)c2c1C. The number of hydrogen-bond acceptors (Lipinski definition) is 2. The molecule has 0 fully saturated rings. The number of aryl methyl sites for hydroxylation is 1. The molecule has 1 heterocycles. The van der Waals surface area contributed by atoms with E-state index in [1.54, 1.807) is 11.3 Å². The first-order valence-electron chi connectivity index (χ1n) is 5.21. The first-order chi connectivity index (χ1) is 7.65. The highest BCUT2D eigenvalue weighted by atomic mass is 35.5. The van der Waals surface area contributed by atoms with Crippen LogP contribution in [0.2, 0.25) is 10.0 Å². The molecule has 0 atom stereocenters. The predicted molar refractivity (Wildman–Crippen MR) is 74.0 cm³/mol. The molecule has 1 nitrogen and oxygen atoms in total. The summed E-state index contributed by atoms with van der Waals surface area (Å²) >= 11 is 14.1. The number of hydrogen-bond donors (Lipinski definition) is 1. The lowest BCUT2D eigenvalue weighted by Crippen LogP contribution is -2.11. The molecule has 0 radical (unpaired) electrons. The van der Waals surface area contributed by atoms with Crippen LogP contribution >= 0.6 is 34.5 Å². The van der Waals surface area contributed by atoms with Crippen molar-refractivity contribution in [1.82, 2.24) is 5.32 Å². The van der Waals surface area contributed by atoms with Crippen molar-refractivity contribution in [2.75, 3.05) is 6.54 Å². The lowest BCUT2D eigenvalue weighted by molar-refractivity contribution is 0.733. The molecule has 0 amide bonds. The maximum absolute atomic E-state index is 6.21. The Balaban J connectivity index is 2.58. The zero-order valence-corrected chi connectivity index (χ0v) is 11.6. The largest absolute Gasteiger partial charge is 0.312 e. The number of nitrogens with one attached hydrogen (secondary N) is 1. The minimum atomic E-state index is 0.787. The minimum absolute atomic E-state index is 0.787. The van der Waals surface area contributed by atoms with Gasteiger partial charge >= 0.3 is 0 Å². The fraction of sp³-hybridized carbons (Fsp3) is 0.333. The third-order valence-corrected chi connectivity index (χ3v) is 4.68. The van der Waals surface area contributed by atoms with Crippen molar-refractivity contribution < 1.29 is 0 Å². The Morgan fingerprint density at radius 1 is 1.25 bits per heavy atom. The van der Waals surface area contributed by atoms with Gasteiger partial charge in [0.1, 0.15) is 0 Å². The van der Waals surface area contributed by atoms with Crippen molar-refractivity contribution in [2.45, 2.75) is 20.4 Å². The molecular formula is C12H13Cl2NS. The van der Waals surface area contributed by atoms with Crippen LogP contribution in [0.5, 0.6) is 0 Å². The Morgan fingerprint density at radius 3 is 2.56 bits per heavy atom. The van der Waals surface area contributed by atoms with Gasteiger partial charge in [-0.15, -0.1) is 11.3 Å². The number of fused-ring (bicyclic) bond motifs is 1. The van der Waals surface area contributed by atoms with Crippen molar-refractivity contribution in [3.63, 3.8) is 0 Å². The standard InChI is InChI=1S/C12H13Cl2NS/c1-3-15-6-10-7(2)11-8(13)4-5-9(14)12(11)16-10/h4-5,15H,3,6H2,1-2H3. The average molecular weight is 274 g/mol. The molecule has 2 rings (SSSR count). The van der Waals surface area contributed by atoms with Crippen LogP contribution < -0.4 is 5.32 Å². The van der Waals surface area contributed by atoms with Crippen LogP contribution in [0.25, 0.3) is 10.1 Å². The van der Waals surface area contributed by atoms with Crippen LogP contribution in [-0.2, 0) is 6.54 Å². The molecule has 0 aliphatic rings. The van der Waals surface area contributed by atoms with Gasteiger partial charge in [0.2, 0.25) is 0 Å². The summed E-state index contributed by atoms with van der Waals surface area (Å²) < 4.78 is 1.10. The second-order valence-corrected chi connectivity index (χ2v) is 5.58. The molecule has 86 valence electrons. The van der Waals surface area contributed by atoms with Gasteiger partial charge < -0.3 is 5.32 Å². The lowest BCUT2D eigenvalue weighted by Gasteiger charge is -2.00. The molecule has 0 spiro atoms. The summed E-state index contributed by atoms with van der Waals surface area (Å²) in [6.45, 7) is 6.06. The fourth-order valence-electron chi connectivity index (χ4n) is 1.73. The van der Waals surface area contributed by atoms with Gasteiger partial charge in [-0.3, -0.25) is 0 Å². The Bertz CT molecular complexity index is 519. The maximum atomic E-state index is 6.21. The molecule has 0 saturated carbocycles. The Kier molecular flexibility index (Phi) is 3.75. The minimum Gasteiger partial charge on any atom is -0.312 e. The molecule has 0 unspecified atom stereocenters. The highest BCUT2D eigenvalue weighted by Gasteiger charge is 2.13. The molecule has 0 aliphatic heterocycles. The number of benzene rings is 1. The summed E-state index contributed by atoms with van der Waals surface area (Å²) in [5, 5.41) is 6.01. The van der Waals surface area contributed by atoms with E-state index in [9.17, 15) is 0 Å². The quantitative estimate of drug-likeness (QED) is 0.860. The molecule has 16 heavy (non-hydrogen) atoms. The Hall–Kier alpha value is -0.280. The van der Waals surface area contributed by atoms with E-state index in [1.165, 1.54) is 10.4 Å². The molecule has 4 heteroatoms. The molecule has 0 saturated heterocycles. The van der Waals surface area contributed by atoms with E-state index >= 15 is 0 Å². The highest BCUT2D eigenvalue weighted by molar-refractivity contribution is 7.20. The summed E-state index contributed by atoms with van der Waals surface area (Å²) in [6, 6.07) is 3.72. The molecule has 0 aliphatic carbocycles. The van der Waals surface area contributed by atoms with E-state index in [2.05, 4.69) is 19.2 Å². The summed E-state index contributed by atoms with van der Waals surface area (Å²) in [7, 11) is 0. The van der Waals surface area contributed by atoms with Crippen molar-refractivity contribution in [3.05, 3.63) is 32.6 Å². The van der Waals surface area contributed by atoms with Crippen molar-refractivity contribution in [2.24, 2.45) is 0 Å². The second-order valence-electron chi connectivity index (χ2n) is 3.66. The van der Waals surface area contributed by atoms with E-state index in [-0.39, 0.29) is 0 Å². The van der Waals surface area contributed by atoms with Crippen molar-refractivity contribution in [1.29, 1.82) is 0 Å². The molecule has 0 bridgehead atoms. The Labute approximate surface area is 109 Å². The van der Waals surface area contributed by atoms with Gasteiger partial charge in [-0.05, 0) is 31.2 Å². The van der Waals surface area contributed by atoms with Gasteiger partial charge in [0.25, 0.3) is 0 Å². The van der Waals surface area contributed by atoms with Gasteiger partial charge in [0, 0.05) is 21.8 Å². The predicted octanol–water partition coefficient (Wildman–Crippen LogP) is 4.63. The zero-order valence-electron chi connectivity index (χ0n) is 9.23. The third kappa shape index (κ3) is 2.07. The topological polar surface area (TPSA) is 12.0 Å². The van der Waals surface area contributed by atoms with Crippen LogP contribution in [0.1, 0.15) is 17.4 Å². The van der Waals surface area contributed by atoms with E-state index in [4.69, 9.17) is 23.2 Å². The summed E-state index contributed by atoms with van der Waals surface area (Å²) in [5.41, 5.74) is 1.24. The molecule has 1 N–H and O–H groups in total. The van der Waals surface area contributed by atoms with E-state index < -0.39 is 0 Å². The van der Waals surface area contributed by atoms with Crippen LogP contribution in [-0.4, -0.2) is 6.54 Å². The maximum Gasteiger partial charge on any atom is 0.0585 e. The van der Waals surface area contributed by atoms with Crippen molar-refractivity contribution >= 4 is 44.6 Å². The fourth-order valence-corrected chi connectivity index (χ4v) is 3.56. The lowest BCUT2D eigenvalue weighted by atomic mass is 10.1. The second kappa shape index (κ2) is 4.92. The van der Waals surface area contributed by atoms with Crippen molar-refractivity contribution in [3.8, 4) is 0 Å². The smallest absolute Gasteiger partial charge is 0.0585 e. The van der Waals surface area contributed by atoms with Gasteiger partial charge in [0.15, 0.2) is 0 Å². The van der Waals surface area contributed by atoms with E-state index in [1.807, 2.05) is 12.1 Å². The van der Waals surface area contributed by atoms with E-state index in [0.29, 0.717) is 0 Å². The van der Waals surface area contributed by atoms with Crippen LogP contribution in [0.3, 0.4) is 0 Å². The normalized spacial score (nSPS) is 11.2.